The molecule has 2 aromatic carbocycles. The van der Waals surface area contributed by atoms with Gasteiger partial charge in [0.1, 0.15) is 6.10 Å². The first-order chi connectivity index (χ1) is 17.5. The van der Waals surface area contributed by atoms with E-state index in [0.29, 0.717) is 6.04 Å². The highest BCUT2D eigenvalue weighted by atomic mass is 32.2. The largest absolute Gasteiger partial charge is 0.462 e. The molecule has 3 aliphatic rings. The first-order valence-electron chi connectivity index (χ1n) is 13.9. The summed E-state index contributed by atoms with van der Waals surface area (Å²) >= 11 is 0. The fourth-order valence-electron chi connectivity index (χ4n) is 4.73. The van der Waals surface area contributed by atoms with Gasteiger partial charge in [-0.25, -0.2) is 13.1 Å². The van der Waals surface area contributed by atoms with Crippen LogP contribution in [-0.4, -0.2) is 42.7 Å². The molecule has 1 aliphatic heterocycles. The Kier molecular flexibility index (Phi) is 10.6. The maximum atomic E-state index is 11.1. The number of carbonyl (C=O) groups is 1. The van der Waals surface area contributed by atoms with Crippen LogP contribution in [0.5, 0.6) is 0 Å². The van der Waals surface area contributed by atoms with Crippen LogP contribution >= 0.6 is 0 Å². The Bertz CT molecular complexity index is 1090. The number of ether oxygens (including phenoxy) is 1. The maximum absolute atomic E-state index is 11.1. The third-order valence-electron chi connectivity index (χ3n) is 6.97. The van der Waals surface area contributed by atoms with Crippen molar-refractivity contribution in [3.8, 4) is 0 Å². The Morgan fingerprint density at radius 3 is 1.86 bits per heavy atom. The van der Waals surface area contributed by atoms with Gasteiger partial charge in [-0.15, -0.1) is 0 Å². The van der Waals surface area contributed by atoms with Gasteiger partial charge < -0.3 is 4.74 Å². The Hall–Kier alpha value is -1.96. The van der Waals surface area contributed by atoms with Crippen LogP contribution in [0.1, 0.15) is 91.2 Å². The molecule has 2 saturated carbocycles. The van der Waals surface area contributed by atoms with E-state index in [9.17, 15) is 13.2 Å². The van der Waals surface area contributed by atoms with E-state index in [1.807, 2.05) is 27.7 Å². The van der Waals surface area contributed by atoms with E-state index in [2.05, 4.69) is 59.9 Å². The van der Waals surface area contributed by atoms with E-state index in [1.165, 1.54) is 34.7 Å². The fourth-order valence-corrected chi connectivity index (χ4v) is 6.34. The SMILES string of the molecule is CC(C)C(=O)OC1CCCC1.CC(C)N1Cc2cccc3cccc(c23)C1.CC(C)NS(=O)(=O)C1CC1. The number of nitrogens with one attached hydrogen (secondary N) is 1. The highest BCUT2D eigenvalue weighted by Gasteiger charge is 2.35. The van der Waals surface area contributed by atoms with Crippen molar-refractivity contribution in [3.63, 3.8) is 0 Å². The summed E-state index contributed by atoms with van der Waals surface area (Å²) in [7, 11) is -2.94. The van der Waals surface area contributed by atoms with E-state index < -0.39 is 10.0 Å². The minimum Gasteiger partial charge on any atom is -0.462 e. The van der Waals surface area contributed by atoms with Gasteiger partial charge in [-0.2, -0.15) is 0 Å². The van der Waals surface area contributed by atoms with Gasteiger partial charge in [0.15, 0.2) is 0 Å². The molecule has 5 rings (SSSR count). The second-order valence-electron chi connectivity index (χ2n) is 11.4. The molecule has 0 amide bonds. The molecule has 0 unspecified atom stereocenters. The summed E-state index contributed by atoms with van der Waals surface area (Å²) < 4.78 is 30.0. The first kappa shape index (κ1) is 29.6. The molecule has 2 fully saturated rings. The molecule has 1 heterocycles. The maximum Gasteiger partial charge on any atom is 0.308 e. The van der Waals surface area contributed by atoms with Crippen LogP contribution in [0, 0.1) is 5.92 Å². The predicted molar refractivity (Wildman–Crippen MR) is 152 cm³/mol. The van der Waals surface area contributed by atoms with E-state index in [0.717, 1.165) is 38.8 Å². The molecule has 0 atom stereocenters. The van der Waals surface area contributed by atoms with Gasteiger partial charge in [-0.1, -0.05) is 50.2 Å². The number of esters is 1. The van der Waals surface area contributed by atoms with Crippen LogP contribution in [0.15, 0.2) is 36.4 Å². The number of sulfonamides is 1. The van der Waals surface area contributed by atoms with E-state index >= 15 is 0 Å². The summed E-state index contributed by atoms with van der Waals surface area (Å²) in [6, 6.07) is 14.0. The van der Waals surface area contributed by atoms with E-state index in [4.69, 9.17) is 4.74 Å². The smallest absolute Gasteiger partial charge is 0.308 e. The van der Waals surface area contributed by atoms with Crippen molar-refractivity contribution >= 4 is 26.8 Å². The lowest BCUT2D eigenvalue weighted by molar-refractivity contribution is -0.152. The predicted octanol–water partition coefficient (Wildman–Crippen LogP) is 6.17. The first-order valence-corrected chi connectivity index (χ1v) is 15.5. The quantitative estimate of drug-likeness (QED) is 0.452. The Morgan fingerprint density at radius 1 is 0.892 bits per heavy atom. The van der Waals surface area contributed by atoms with Crippen LogP contribution in [-0.2, 0) is 32.6 Å². The second kappa shape index (κ2) is 13.2. The molecule has 0 bridgehead atoms. The molecule has 206 valence electrons. The number of rotatable bonds is 6. The lowest BCUT2D eigenvalue weighted by Crippen LogP contribution is -2.32. The molecule has 2 aliphatic carbocycles. The van der Waals surface area contributed by atoms with Crippen LogP contribution in [0.25, 0.3) is 10.8 Å². The molecule has 1 N–H and O–H groups in total. The third-order valence-corrected chi connectivity index (χ3v) is 9.12. The van der Waals surface area contributed by atoms with Gasteiger partial charge in [-0.05, 0) is 88.1 Å². The summed E-state index contributed by atoms with van der Waals surface area (Å²) in [5.74, 6) is -0.0208. The van der Waals surface area contributed by atoms with Crippen LogP contribution < -0.4 is 4.72 Å². The van der Waals surface area contributed by atoms with Crippen molar-refractivity contribution in [1.82, 2.24) is 9.62 Å². The van der Waals surface area contributed by atoms with Gasteiger partial charge in [0.05, 0.1) is 11.2 Å². The minimum absolute atomic E-state index is 0.0237. The van der Waals surface area contributed by atoms with Crippen molar-refractivity contribution in [2.75, 3.05) is 0 Å². The standard InChI is InChI=1S/C15H17N.C9H16O2.C6H13NO2S/c1-11(2)16-9-13-7-3-5-12-6-4-8-14(10-16)15(12)13;1-7(2)9(10)11-8-5-3-4-6-8;1-5(2)7-10(8,9)6-3-4-6/h3-8,11H,9-10H2,1-2H3;7-8H,3-6H2,1-2H3;5-7H,3-4H2,1-2H3. The third kappa shape index (κ3) is 8.79. The highest BCUT2D eigenvalue weighted by molar-refractivity contribution is 7.90. The van der Waals surface area contributed by atoms with Crippen LogP contribution in [0.2, 0.25) is 0 Å². The highest BCUT2D eigenvalue weighted by Crippen LogP contribution is 2.30. The normalized spacial score (nSPS) is 18.0. The zero-order valence-corrected chi connectivity index (χ0v) is 24.3. The van der Waals surface area contributed by atoms with Gasteiger partial charge in [0.25, 0.3) is 0 Å². The number of nitrogens with zero attached hydrogens (tertiary/aromatic N) is 1. The van der Waals surface area contributed by atoms with Crippen LogP contribution in [0.4, 0.5) is 0 Å². The minimum atomic E-state index is -2.94. The second-order valence-corrected chi connectivity index (χ2v) is 13.4. The molecule has 0 radical (unpaired) electrons. The summed E-state index contributed by atoms with van der Waals surface area (Å²) in [4.78, 5) is 13.6. The topological polar surface area (TPSA) is 75.7 Å². The Labute approximate surface area is 224 Å². The molecular weight excluding hydrogens is 484 g/mol. The zero-order chi connectivity index (χ0) is 27.2. The molecule has 2 aromatic rings. The van der Waals surface area contributed by atoms with Gasteiger partial charge in [-0.3, -0.25) is 9.69 Å². The lowest BCUT2D eigenvalue weighted by atomic mass is 9.95. The summed E-state index contributed by atoms with van der Waals surface area (Å²) in [6.07, 6.45) is 6.47. The van der Waals surface area contributed by atoms with Crippen LogP contribution in [0.3, 0.4) is 0 Å². The van der Waals surface area contributed by atoms with Crippen molar-refractivity contribution in [2.45, 2.75) is 117 Å². The zero-order valence-electron chi connectivity index (χ0n) is 23.5. The number of carbonyl (C=O) groups excluding carboxylic acids is 1. The average Bonchev–Trinajstić information content (AvgIpc) is 3.58. The van der Waals surface area contributed by atoms with Gasteiger partial charge in [0, 0.05) is 25.2 Å². The van der Waals surface area contributed by atoms with Crippen molar-refractivity contribution in [2.24, 2.45) is 5.92 Å². The molecule has 6 nitrogen and oxygen atoms in total. The molecule has 37 heavy (non-hydrogen) atoms. The van der Waals surface area contributed by atoms with E-state index in [1.54, 1.807) is 0 Å². The van der Waals surface area contributed by atoms with Gasteiger partial charge in [0.2, 0.25) is 10.0 Å². The van der Waals surface area contributed by atoms with Crippen molar-refractivity contribution < 1.29 is 17.9 Å². The summed E-state index contributed by atoms with van der Waals surface area (Å²) in [5, 5.41) is 2.79. The average molecular weight is 531 g/mol. The molecule has 0 saturated heterocycles. The summed E-state index contributed by atoms with van der Waals surface area (Å²) in [6.45, 7) is 14.1. The molecule has 0 spiro atoms. The fraction of sp³-hybridized carbons (Fsp3) is 0.633. The molecule has 7 heteroatoms. The van der Waals surface area contributed by atoms with Crippen molar-refractivity contribution in [3.05, 3.63) is 47.5 Å². The van der Waals surface area contributed by atoms with Crippen molar-refractivity contribution in [1.29, 1.82) is 0 Å². The van der Waals surface area contributed by atoms with Gasteiger partial charge >= 0.3 is 5.97 Å². The number of hydrogen-bond donors (Lipinski definition) is 1. The lowest BCUT2D eigenvalue weighted by Gasteiger charge is -2.32. The Balaban J connectivity index is 0.000000161. The monoisotopic (exact) mass is 530 g/mol. The number of hydrogen-bond acceptors (Lipinski definition) is 5. The molecular formula is C30H46N2O4S. The number of benzene rings is 2. The Morgan fingerprint density at radius 2 is 1.43 bits per heavy atom. The molecule has 0 aromatic heterocycles. The summed E-state index contributed by atoms with van der Waals surface area (Å²) in [5.41, 5.74) is 2.96. The van der Waals surface area contributed by atoms with E-state index in [-0.39, 0.29) is 29.3 Å².